The maximum atomic E-state index is 4.81. The molecule has 3 nitrogen and oxygen atoms in total. The molecule has 1 aromatic rings. The molecular weight excluding hydrogens is 242 g/mol. The van der Waals surface area contributed by atoms with Crippen molar-refractivity contribution in [2.24, 2.45) is 0 Å². The molecule has 0 bridgehead atoms. The molecule has 0 saturated heterocycles. The maximum absolute atomic E-state index is 4.81. The van der Waals surface area contributed by atoms with Crippen molar-refractivity contribution in [3.63, 3.8) is 0 Å². The van der Waals surface area contributed by atoms with E-state index >= 15 is 0 Å². The molecule has 0 fully saturated rings. The van der Waals surface area contributed by atoms with Crippen LogP contribution in [0.2, 0.25) is 0 Å². The molecule has 0 radical (unpaired) electrons. The van der Waals surface area contributed by atoms with E-state index in [2.05, 4.69) is 31.0 Å². The van der Waals surface area contributed by atoms with Crippen LogP contribution >= 0.6 is 11.3 Å². The van der Waals surface area contributed by atoms with Gasteiger partial charge in [-0.3, -0.25) is 0 Å². The summed E-state index contributed by atoms with van der Waals surface area (Å²) < 4.78 is 0. The van der Waals surface area contributed by atoms with Gasteiger partial charge in [-0.15, -0.1) is 11.3 Å². The van der Waals surface area contributed by atoms with Crippen LogP contribution in [-0.4, -0.2) is 36.6 Å². The van der Waals surface area contributed by atoms with Gasteiger partial charge in [0, 0.05) is 24.4 Å². The van der Waals surface area contributed by atoms with Gasteiger partial charge in [-0.1, -0.05) is 27.2 Å². The van der Waals surface area contributed by atoms with Crippen LogP contribution in [-0.2, 0) is 19.4 Å². The predicted molar refractivity (Wildman–Crippen MR) is 80.4 cm³/mol. The molecule has 0 aliphatic carbocycles. The van der Waals surface area contributed by atoms with E-state index in [4.69, 9.17) is 4.98 Å². The molecule has 0 spiro atoms. The van der Waals surface area contributed by atoms with Crippen LogP contribution < -0.4 is 5.32 Å². The van der Waals surface area contributed by atoms with Gasteiger partial charge in [-0.2, -0.15) is 0 Å². The number of thiazole rings is 1. The summed E-state index contributed by atoms with van der Waals surface area (Å²) >= 11 is 1.89. The van der Waals surface area contributed by atoms with E-state index in [1.807, 2.05) is 18.4 Å². The summed E-state index contributed by atoms with van der Waals surface area (Å²) in [6.45, 7) is 11.0. The average molecular weight is 269 g/mol. The van der Waals surface area contributed by atoms with E-state index < -0.39 is 0 Å². The lowest BCUT2D eigenvalue weighted by Gasteiger charge is -2.16. The minimum absolute atomic E-state index is 0.957. The summed E-state index contributed by atoms with van der Waals surface area (Å²) in [5, 5.41) is 4.54. The highest BCUT2D eigenvalue weighted by Gasteiger charge is 2.10. The number of nitrogens with one attached hydrogen (secondary N) is 1. The normalized spacial score (nSPS) is 11.4. The maximum Gasteiger partial charge on any atom is 0.0944 e. The Morgan fingerprint density at radius 3 is 2.44 bits per heavy atom. The first-order valence-corrected chi connectivity index (χ1v) is 7.91. The number of rotatable bonds is 9. The summed E-state index contributed by atoms with van der Waals surface area (Å²) in [4.78, 5) is 8.69. The summed E-state index contributed by atoms with van der Waals surface area (Å²) in [5.74, 6) is 0. The molecule has 0 atom stereocenters. The molecule has 1 N–H and O–H groups in total. The Morgan fingerprint density at radius 1 is 1.17 bits per heavy atom. The lowest BCUT2D eigenvalue weighted by molar-refractivity contribution is 0.308. The molecular formula is C14H27N3S. The predicted octanol–water partition coefficient (Wildman–Crippen LogP) is 2.70. The number of aryl methyl sites for hydroxylation is 1. The third-order valence-electron chi connectivity index (χ3n) is 3.18. The van der Waals surface area contributed by atoms with E-state index in [9.17, 15) is 0 Å². The SMILES string of the molecule is CCCc1nc(CCN(CC)CC)sc1CNC. The first-order valence-electron chi connectivity index (χ1n) is 7.09. The molecule has 0 amide bonds. The van der Waals surface area contributed by atoms with Crippen molar-refractivity contribution in [1.29, 1.82) is 0 Å². The van der Waals surface area contributed by atoms with Crippen LogP contribution in [0.25, 0.3) is 0 Å². The zero-order chi connectivity index (χ0) is 13.4. The van der Waals surface area contributed by atoms with E-state index in [1.54, 1.807) is 0 Å². The fraction of sp³-hybridized carbons (Fsp3) is 0.786. The van der Waals surface area contributed by atoms with Crippen molar-refractivity contribution in [3.8, 4) is 0 Å². The Morgan fingerprint density at radius 2 is 1.89 bits per heavy atom. The second-order valence-electron chi connectivity index (χ2n) is 4.53. The molecule has 1 heterocycles. The van der Waals surface area contributed by atoms with E-state index in [0.717, 1.165) is 39.0 Å². The smallest absolute Gasteiger partial charge is 0.0944 e. The van der Waals surface area contributed by atoms with Crippen LogP contribution in [0.15, 0.2) is 0 Å². The van der Waals surface area contributed by atoms with Crippen molar-refractivity contribution in [1.82, 2.24) is 15.2 Å². The zero-order valence-electron chi connectivity index (χ0n) is 12.3. The highest BCUT2D eigenvalue weighted by atomic mass is 32.1. The fourth-order valence-electron chi connectivity index (χ4n) is 2.07. The van der Waals surface area contributed by atoms with Crippen LogP contribution in [0.4, 0.5) is 0 Å². The van der Waals surface area contributed by atoms with Gasteiger partial charge in [0.05, 0.1) is 10.7 Å². The molecule has 1 rings (SSSR count). The van der Waals surface area contributed by atoms with E-state index in [0.29, 0.717) is 0 Å². The molecule has 0 saturated carbocycles. The topological polar surface area (TPSA) is 28.2 Å². The molecule has 1 aromatic heterocycles. The largest absolute Gasteiger partial charge is 0.315 e. The van der Waals surface area contributed by atoms with E-state index in [-0.39, 0.29) is 0 Å². The number of aromatic nitrogens is 1. The van der Waals surface area contributed by atoms with Gasteiger partial charge >= 0.3 is 0 Å². The number of hydrogen-bond acceptors (Lipinski definition) is 4. The number of hydrogen-bond donors (Lipinski definition) is 1. The van der Waals surface area contributed by atoms with Gasteiger partial charge in [0.15, 0.2) is 0 Å². The van der Waals surface area contributed by atoms with Gasteiger partial charge in [-0.25, -0.2) is 4.98 Å². The summed E-state index contributed by atoms with van der Waals surface area (Å²) in [6.07, 6.45) is 3.38. The molecule has 0 aromatic carbocycles. The second kappa shape index (κ2) is 8.62. The van der Waals surface area contributed by atoms with Crippen LogP contribution in [0.3, 0.4) is 0 Å². The minimum atomic E-state index is 0.957. The molecule has 104 valence electrons. The Hall–Kier alpha value is -0.450. The van der Waals surface area contributed by atoms with Gasteiger partial charge in [-0.05, 0) is 26.6 Å². The Balaban J connectivity index is 2.62. The van der Waals surface area contributed by atoms with Crippen molar-refractivity contribution >= 4 is 11.3 Å². The van der Waals surface area contributed by atoms with E-state index in [1.165, 1.54) is 22.0 Å². The van der Waals surface area contributed by atoms with Gasteiger partial charge in [0.25, 0.3) is 0 Å². The Bertz CT molecular complexity index is 308. The van der Waals surface area contributed by atoms with Gasteiger partial charge < -0.3 is 10.2 Å². The van der Waals surface area contributed by atoms with Crippen molar-refractivity contribution < 1.29 is 0 Å². The van der Waals surface area contributed by atoms with Crippen molar-refractivity contribution in [2.75, 3.05) is 26.7 Å². The van der Waals surface area contributed by atoms with Crippen LogP contribution in [0.5, 0.6) is 0 Å². The summed E-state index contributed by atoms with van der Waals surface area (Å²) in [5.41, 5.74) is 1.31. The standard InChI is InChI=1S/C14H27N3S/c1-5-8-12-13(11-15-4)18-14(16-12)9-10-17(6-2)7-3/h15H,5-11H2,1-4H3. The number of likely N-dealkylation sites (N-methyl/N-ethyl adjacent to an activating group) is 1. The highest BCUT2D eigenvalue weighted by Crippen LogP contribution is 2.20. The van der Waals surface area contributed by atoms with Gasteiger partial charge in [0.1, 0.15) is 0 Å². The fourth-order valence-corrected chi connectivity index (χ4v) is 3.18. The van der Waals surface area contributed by atoms with Crippen LogP contribution in [0, 0.1) is 0 Å². The molecule has 18 heavy (non-hydrogen) atoms. The highest BCUT2D eigenvalue weighted by molar-refractivity contribution is 7.11. The third-order valence-corrected chi connectivity index (χ3v) is 4.34. The quantitative estimate of drug-likeness (QED) is 0.747. The molecule has 4 heteroatoms. The zero-order valence-corrected chi connectivity index (χ0v) is 13.1. The first kappa shape index (κ1) is 15.6. The Labute approximate surface area is 116 Å². The Kier molecular flexibility index (Phi) is 7.47. The van der Waals surface area contributed by atoms with Gasteiger partial charge in [0.2, 0.25) is 0 Å². The summed E-state index contributed by atoms with van der Waals surface area (Å²) in [6, 6.07) is 0. The second-order valence-corrected chi connectivity index (χ2v) is 5.70. The average Bonchev–Trinajstić information content (AvgIpc) is 2.74. The lowest BCUT2D eigenvalue weighted by atomic mass is 10.2. The summed E-state index contributed by atoms with van der Waals surface area (Å²) in [7, 11) is 2.00. The lowest BCUT2D eigenvalue weighted by Crippen LogP contribution is -2.25. The molecule has 0 aliphatic rings. The minimum Gasteiger partial charge on any atom is -0.315 e. The number of nitrogens with zero attached hydrogens (tertiary/aromatic N) is 2. The molecule has 0 aliphatic heterocycles. The third kappa shape index (κ3) is 4.67. The molecule has 0 unspecified atom stereocenters. The first-order chi connectivity index (χ1) is 8.74. The monoisotopic (exact) mass is 269 g/mol. The van der Waals surface area contributed by atoms with Crippen LogP contribution in [0.1, 0.15) is 42.8 Å². The van der Waals surface area contributed by atoms with Crippen molar-refractivity contribution in [2.45, 2.75) is 46.6 Å². The van der Waals surface area contributed by atoms with Crippen molar-refractivity contribution in [3.05, 3.63) is 15.6 Å².